The maximum Gasteiger partial charge on any atom is 0.353 e. The van der Waals surface area contributed by atoms with E-state index in [1.54, 1.807) is 0 Å². The standard InChI is InChI=1S/C16H16ClN7O5S3/c1-29-23-8(7-11(17)32-16(20)22-7)12(25)21-9-13(26)24-10(15(27)28)5(4-31-14(9)24)30-3-2-6(18)19/h2-3,9,14H,4H2,1H3,(H3,18,19)(H2,20,22)(H,21,25)(H,27,28)/b3-2+,23-8-/t9?,14-/m1/s1. The van der Waals surface area contributed by atoms with Crippen LogP contribution in [-0.4, -0.2) is 68.6 Å². The van der Waals surface area contributed by atoms with E-state index < -0.39 is 29.2 Å². The van der Waals surface area contributed by atoms with E-state index in [1.807, 2.05) is 0 Å². The largest absolute Gasteiger partial charge is 0.477 e. The van der Waals surface area contributed by atoms with Crippen LogP contribution in [0, 0.1) is 5.41 Å². The van der Waals surface area contributed by atoms with Gasteiger partial charge in [-0.25, -0.2) is 9.78 Å². The third-order valence-electron chi connectivity index (χ3n) is 4.10. The molecule has 1 aromatic rings. The number of nitrogens with one attached hydrogen (secondary N) is 2. The number of aromatic nitrogens is 1. The van der Waals surface area contributed by atoms with Crippen LogP contribution in [0.2, 0.25) is 4.34 Å². The van der Waals surface area contributed by atoms with Gasteiger partial charge in [0.2, 0.25) is 0 Å². The number of amidine groups is 1. The number of hydrogen-bond acceptors (Lipinski definition) is 11. The third-order valence-corrected chi connectivity index (χ3v) is 7.55. The van der Waals surface area contributed by atoms with E-state index in [-0.39, 0.29) is 38.2 Å². The molecule has 0 spiro atoms. The lowest BCUT2D eigenvalue weighted by atomic mass is 10.0. The van der Waals surface area contributed by atoms with Gasteiger partial charge in [0.05, 0.1) is 0 Å². The highest BCUT2D eigenvalue weighted by Crippen LogP contribution is 2.43. The summed E-state index contributed by atoms with van der Waals surface area (Å²) >= 11 is 9.34. The Morgan fingerprint density at radius 2 is 2.25 bits per heavy atom. The zero-order valence-corrected chi connectivity index (χ0v) is 19.4. The Morgan fingerprint density at radius 1 is 1.53 bits per heavy atom. The molecule has 1 saturated heterocycles. The number of aliphatic carboxylic acids is 1. The van der Waals surface area contributed by atoms with E-state index in [2.05, 4.69) is 15.5 Å². The number of halogens is 1. The summed E-state index contributed by atoms with van der Waals surface area (Å²) in [6, 6.07) is -0.988. The van der Waals surface area contributed by atoms with Crippen molar-refractivity contribution in [3.8, 4) is 0 Å². The predicted molar refractivity (Wildman–Crippen MR) is 123 cm³/mol. The van der Waals surface area contributed by atoms with Gasteiger partial charge in [-0.3, -0.25) is 19.9 Å². The number of anilines is 1. The number of β-lactam (4-membered cyclic amide) rings is 1. The summed E-state index contributed by atoms with van der Waals surface area (Å²) in [7, 11) is 1.23. The van der Waals surface area contributed by atoms with Crippen molar-refractivity contribution in [1.82, 2.24) is 15.2 Å². The number of oxime groups is 1. The molecule has 2 aliphatic rings. The highest BCUT2D eigenvalue weighted by atomic mass is 35.5. The molecule has 1 aromatic heterocycles. The molecular formula is C16H16ClN7O5S3. The highest BCUT2D eigenvalue weighted by Gasteiger charge is 2.54. The van der Waals surface area contributed by atoms with Crippen molar-refractivity contribution in [3.05, 3.63) is 32.1 Å². The monoisotopic (exact) mass is 517 g/mol. The molecule has 0 bridgehead atoms. The van der Waals surface area contributed by atoms with Crippen LogP contribution in [0.25, 0.3) is 0 Å². The number of hydrogen-bond donors (Lipinski definition) is 5. The summed E-state index contributed by atoms with van der Waals surface area (Å²) in [4.78, 5) is 47.6. The molecular weight excluding hydrogens is 502 g/mol. The zero-order chi connectivity index (χ0) is 23.6. The van der Waals surface area contributed by atoms with Crippen molar-refractivity contribution in [2.75, 3.05) is 18.6 Å². The van der Waals surface area contributed by atoms with Crippen LogP contribution in [0.3, 0.4) is 0 Å². The van der Waals surface area contributed by atoms with E-state index in [9.17, 15) is 19.5 Å². The molecule has 2 aliphatic heterocycles. The Kier molecular flexibility index (Phi) is 7.33. The summed E-state index contributed by atoms with van der Waals surface area (Å²) in [5.74, 6) is -2.55. The van der Waals surface area contributed by atoms with Crippen LogP contribution in [0.5, 0.6) is 0 Å². The Morgan fingerprint density at radius 3 is 2.81 bits per heavy atom. The van der Waals surface area contributed by atoms with E-state index >= 15 is 0 Å². The smallest absolute Gasteiger partial charge is 0.353 e. The topological polar surface area (TPSA) is 197 Å². The summed E-state index contributed by atoms with van der Waals surface area (Å²) in [6.07, 6.45) is 1.31. The van der Waals surface area contributed by atoms with Crippen molar-refractivity contribution < 1.29 is 24.3 Å². The fourth-order valence-corrected chi connectivity index (χ4v) is 6.10. The second kappa shape index (κ2) is 9.81. The number of rotatable bonds is 8. The Hall–Kier alpha value is -2.75. The summed E-state index contributed by atoms with van der Waals surface area (Å²) < 4.78 is 0.124. The number of amides is 2. The SMILES string of the molecule is CO/N=C(\C(=O)NC1C(=O)N2C(C(=O)O)=C(S/C=C/C(=N)N)CS[C@H]12)c1nc(N)sc1Cl. The molecule has 2 amide bonds. The molecule has 0 aliphatic carbocycles. The molecule has 0 saturated carbocycles. The van der Waals surface area contributed by atoms with Crippen molar-refractivity contribution in [1.29, 1.82) is 5.41 Å². The minimum atomic E-state index is -1.28. The minimum Gasteiger partial charge on any atom is -0.477 e. The van der Waals surface area contributed by atoms with Crippen LogP contribution < -0.4 is 16.8 Å². The van der Waals surface area contributed by atoms with Gasteiger partial charge in [-0.1, -0.05) is 39.9 Å². The van der Waals surface area contributed by atoms with E-state index in [0.29, 0.717) is 4.91 Å². The third kappa shape index (κ3) is 4.69. The summed E-state index contributed by atoms with van der Waals surface area (Å²) in [6.45, 7) is 0. The lowest BCUT2D eigenvalue weighted by molar-refractivity contribution is -0.150. The molecule has 0 radical (unpaired) electrons. The van der Waals surface area contributed by atoms with Crippen LogP contribution >= 0.6 is 46.5 Å². The zero-order valence-electron chi connectivity index (χ0n) is 16.2. The number of carboxylic acids is 1. The predicted octanol–water partition coefficient (Wildman–Crippen LogP) is 0.608. The first kappa shape index (κ1) is 23.9. The second-order valence-electron chi connectivity index (χ2n) is 6.11. The fraction of sp³-hybridized carbons (Fsp3) is 0.250. The Bertz CT molecular complexity index is 1090. The molecule has 1 fully saturated rings. The number of carbonyl (C=O) groups is 3. The number of thioether (sulfide) groups is 2. The fourth-order valence-electron chi connectivity index (χ4n) is 2.83. The first-order chi connectivity index (χ1) is 15.1. The number of carboxylic acid groups (broad SMARTS) is 1. The molecule has 0 aromatic carbocycles. The number of nitrogen functional groups attached to an aromatic ring is 1. The summed E-state index contributed by atoms with van der Waals surface area (Å²) in [5.41, 5.74) is 10.4. The molecule has 170 valence electrons. The first-order valence-electron chi connectivity index (χ1n) is 8.58. The van der Waals surface area contributed by atoms with Crippen LogP contribution in [0.1, 0.15) is 5.69 Å². The number of carbonyl (C=O) groups excluding carboxylic acids is 2. The number of fused-ring (bicyclic) bond motifs is 1. The number of nitrogens with zero attached hydrogens (tertiary/aromatic N) is 3. The van der Waals surface area contributed by atoms with E-state index in [0.717, 1.165) is 28.0 Å². The Labute approximate surface area is 198 Å². The van der Waals surface area contributed by atoms with Crippen LogP contribution in [0.15, 0.2) is 27.2 Å². The average molecular weight is 518 g/mol. The summed E-state index contributed by atoms with van der Waals surface area (Å²) in [5, 5.41) is 24.0. The maximum atomic E-state index is 12.8. The average Bonchev–Trinajstić information content (AvgIpc) is 3.06. The van der Waals surface area contributed by atoms with Gasteiger partial charge in [-0.05, 0) is 11.5 Å². The van der Waals surface area contributed by atoms with Gasteiger partial charge >= 0.3 is 5.97 Å². The van der Waals surface area contributed by atoms with Gasteiger partial charge in [0.15, 0.2) is 10.8 Å². The van der Waals surface area contributed by atoms with Crippen molar-refractivity contribution in [2.45, 2.75) is 11.4 Å². The van der Waals surface area contributed by atoms with Crippen LogP contribution in [-0.2, 0) is 19.2 Å². The molecule has 12 nitrogen and oxygen atoms in total. The van der Waals surface area contributed by atoms with Gasteiger partial charge < -0.3 is 26.7 Å². The van der Waals surface area contributed by atoms with Crippen molar-refractivity contribution in [3.63, 3.8) is 0 Å². The molecule has 32 heavy (non-hydrogen) atoms. The number of nitrogens with two attached hydrogens (primary N) is 2. The quantitative estimate of drug-likeness (QED) is 0.141. The maximum absolute atomic E-state index is 12.8. The lowest BCUT2D eigenvalue weighted by Gasteiger charge is -2.49. The van der Waals surface area contributed by atoms with Gasteiger partial charge in [-0.15, -0.1) is 11.8 Å². The van der Waals surface area contributed by atoms with Gasteiger partial charge in [0.1, 0.15) is 40.1 Å². The normalized spacial score (nSPS) is 20.8. The van der Waals surface area contributed by atoms with Crippen molar-refractivity contribution >= 4 is 80.9 Å². The minimum absolute atomic E-state index is 0.00973. The van der Waals surface area contributed by atoms with E-state index in [4.69, 9.17) is 33.3 Å². The van der Waals surface area contributed by atoms with Gasteiger partial charge in [-0.2, -0.15) is 0 Å². The molecule has 3 heterocycles. The lowest BCUT2D eigenvalue weighted by Crippen LogP contribution is -2.71. The van der Waals surface area contributed by atoms with Crippen molar-refractivity contribution in [2.24, 2.45) is 10.9 Å². The number of thiazole rings is 1. The molecule has 16 heteroatoms. The van der Waals surface area contributed by atoms with E-state index in [1.165, 1.54) is 30.4 Å². The first-order valence-corrected chi connectivity index (χ1v) is 11.7. The van der Waals surface area contributed by atoms with Gasteiger partial charge in [0.25, 0.3) is 11.8 Å². The van der Waals surface area contributed by atoms with Gasteiger partial charge in [0, 0.05) is 10.7 Å². The molecule has 1 unspecified atom stereocenters. The second-order valence-corrected chi connectivity index (χ2v) is 9.85. The molecule has 7 N–H and O–H groups in total. The van der Waals surface area contributed by atoms with Crippen LogP contribution in [0.4, 0.5) is 5.13 Å². The molecule has 3 rings (SSSR count). The Balaban J connectivity index is 1.79. The molecule has 2 atom stereocenters. The highest BCUT2D eigenvalue weighted by molar-refractivity contribution is 8.08.